The van der Waals surface area contributed by atoms with Crippen LogP contribution in [0.4, 0.5) is 4.39 Å². The smallest absolute Gasteiger partial charge is 0.309 e. The number of halogens is 2. The van der Waals surface area contributed by atoms with E-state index in [1.165, 1.54) is 31.9 Å². The Morgan fingerprint density at radius 3 is 2.76 bits per heavy atom. The Labute approximate surface area is 210 Å². The minimum absolute atomic E-state index is 0.111. The molecule has 1 aromatic carbocycles. The summed E-state index contributed by atoms with van der Waals surface area (Å²) in [5.41, 5.74) is 0.124. The average Bonchev–Trinajstić information content (AvgIpc) is 3.36. The van der Waals surface area contributed by atoms with Crippen molar-refractivity contribution in [3.8, 4) is 5.75 Å². The number of ether oxygens (including phenoxy) is 1. The molecule has 0 amide bonds. The number of fused-ring (bicyclic) bond motifs is 1. The van der Waals surface area contributed by atoms with Gasteiger partial charge in [0.05, 0.1) is 23.1 Å². The Balaban J connectivity index is 1.37. The van der Waals surface area contributed by atoms with E-state index in [4.69, 9.17) is 16.3 Å². The zero-order valence-corrected chi connectivity index (χ0v) is 21.3. The molecule has 8 heteroatoms. The van der Waals surface area contributed by atoms with Crippen molar-refractivity contribution < 1.29 is 19.0 Å². The summed E-state index contributed by atoms with van der Waals surface area (Å²) in [6, 6.07) is 5.30. The van der Waals surface area contributed by atoms with E-state index >= 15 is 4.39 Å². The number of benzene rings is 1. The number of likely N-dealkylation sites (tertiary alicyclic amines) is 1. The number of aliphatic carboxylic acids is 1. The fraction of sp³-hybridized carbons (Fsp3) is 0.615. The van der Waals surface area contributed by atoms with Gasteiger partial charge in [-0.3, -0.25) is 9.78 Å². The van der Waals surface area contributed by atoms with Gasteiger partial charge in [0.2, 0.25) is 0 Å². The van der Waals surface area contributed by atoms with Gasteiger partial charge in [0.1, 0.15) is 11.9 Å². The van der Waals surface area contributed by atoms with E-state index in [2.05, 4.69) is 21.6 Å². The van der Waals surface area contributed by atoms with E-state index < -0.39 is 17.6 Å². The van der Waals surface area contributed by atoms with E-state index in [1.54, 1.807) is 25.3 Å². The maximum Gasteiger partial charge on any atom is 0.309 e. The summed E-state index contributed by atoms with van der Waals surface area (Å²) in [6.07, 6.45) is 6.98. The zero-order chi connectivity index (χ0) is 24.1. The highest BCUT2D eigenvalue weighted by Gasteiger charge is 2.41. The van der Waals surface area contributed by atoms with Crippen LogP contribution in [-0.2, 0) is 4.79 Å². The van der Waals surface area contributed by atoms with E-state index in [-0.39, 0.29) is 17.9 Å². The van der Waals surface area contributed by atoms with Crippen LogP contribution in [0.5, 0.6) is 5.75 Å². The van der Waals surface area contributed by atoms with Crippen LogP contribution in [0.1, 0.15) is 63.1 Å². The molecule has 0 spiro atoms. The van der Waals surface area contributed by atoms with Crippen LogP contribution < -0.4 is 4.74 Å². The number of thioether (sulfide) groups is 1. The molecule has 1 aromatic heterocycles. The SMILES string of the molecule is COc1ccc2ncc(Cl)c([C@H](F)CCC3(C(=O)O)CCN(CCSC4CCCC4)CC3)c2c1. The lowest BCUT2D eigenvalue weighted by molar-refractivity contribution is -0.153. The van der Waals surface area contributed by atoms with Gasteiger partial charge in [0, 0.05) is 34.7 Å². The fourth-order valence-corrected chi connectivity index (χ4v) is 6.97. The highest BCUT2D eigenvalue weighted by molar-refractivity contribution is 7.99. The van der Waals surface area contributed by atoms with Crippen LogP contribution in [0.25, 0.3) is 10.9 Å². The second kappa shape index (κ2) is 11.4. The number of hydrogen-bond donors (Lipinski definition) is 1. The van der Waals surface area contributed by atoms with E-state index in [9.17, 15) is 9.90 Å². The second-order valence-corrected chi connectivity index (χ2v) is 11.4. The third kappa shape index (κ3) is 5.80. The zero-order valence-electron chi connectivity index (χ0n) is 19.8. The summed E-state index contributed by atoms with van der Waals surface area (Å²) in [7, 11) is 1.56. The number of carboxylic acids is 1. The first-order valence-electron chi connectivity index (χ1n) is 12.3. The maximum absolute atomic E-state index is 15.6. The van der Waals surface area contributed by atoms with Crippen molar-refractivity contribution in [2.75, 3.05) is 32.5 Å². The number of hydrogen-bond acceptors (Lipinski definition) is 5. The fourth-order valence-electron chi connectivity index (χ4n) is 5.34. The number of pyridine rings is 1. The normalized spacial score (nSPS) is 20.0. The predicted octanol–water partition coefficient (Wildman–Crippen LogP) is 6.53. The number of methoxy groups -OCH3 is 1. The van der Waals surface area contributed by atoms with E-state index in [1.807, 2.05) is 0 Å². The van der Waals surface area contributed by atoms with Gasteiger partial charge in [-0.05, 0) is 69.8 Å². The molecule has 0 bridgehead atoms. The standard InChI is InChI=1S/C26H34ClFN2O3S/c1-33-18-6-7-23-20(16-18)24(21(27)17-29-23)22(28)8-9-26(25(31)32)10-12-30(13-11-26)14-15-34-19-4-2-3-5-19/h6-7,16-17,19,22H,2-5,8-15H2,1H3,(H,31,32)/t22-/m1/s1. The van der Waals surface area contributed by atoms with E-state index in [0.29, 0.717) is 35.1 Å². The third-order valence-corrected chi connectivity index (χ3v) is 9.25. The lowest BCUT2D eigenvalue weighted by atomic mass is 9.74. The van der Waals surface area contributed by atoms with Crippen molar-refractivity contribution in [1.82, 2.24) is 9.88 Å². The molecule has 2 heterocycles. The second-order valence-electron chi connectivity index (χ2n) is 9.61. The monoisotopic (exact) mass is 508 g/mol. The van der Waals surface area contributed by atoms with Crippen LogP contribution >= 0.6 is 23.4 Å². The molecule has 1 N–H and O–H groups in total. The third-order valence-electron chi connectivity index (χ3n) is 7.59. The van der Waals surface area contributed by atoms with Crippen molar-refractivity contribution in [2.24, 2.45) is 5.41 Å². The number of rotatable bonds is 10. The quantitative estimate of drug-likeness (QED) is 0.393. The summed E-state index contributed by atoms with van der Waals surface area (Å²) in [4.78, 5) is 18.9. The minimum Gasteiger partial charge on any atom is -0.497 e. The number of nitrogens with zero attached hydrogens (tertiary/aromatic N) is 2. The number of carboxylic acid groups (broad SMARTS) is 1. The van der Waals surface area contributed by atoms with Crippen LogP contribution in [0.15, 0.2) is 24.4 Å². The van der Waals surface area contributed by atoms with Gasteiger partial charge in [0.15, 0.2) is 0 Å². The molecule has 0 radical (unpaired) electrons. The molecule has 2 aliphatic rings. The van der Waals surface area contributed by atoms with Gasteiger partial charge in [0.25, 0.3) is 0 Å². The van der Waals surface area contributed by atoms with Crippen LogP contribution in [-0.4, -0.2) is 58.7 Å². The summed E-state index contributed by atoms with van der Waals surface area (Å²) in [6.45, 7) is 2.51. The highest BCUT2D eigenvalue weighted by Crippen LogP contribution is 2.42. The first-order chi connectivity index (χ1) is 16.4. The predicted molar refractivity (Wildman–Crippen MR) is 137 cm³/mol. The van der Waals surface area contributed by atoms with Gasteiger partial charge in [-0.2, -0.15) is 11.8 Å². The van der Waals surface area contributed by atoms with Crippen LogP contribution in [0, 0.1) is 5.41 Å². The van der Waals surface area contributed by atoms with Crippen molar-refractivity contribution in [1.29, 1.82) is 0 Å². The number of carbonyl (C=O) groups is 1. The lowest BCUT2D eigenvalue weighted by Gasteiger charge is -2.39. The maximum atomic E-state index is 15.6. The summed E-state index contributed by atoms with van der Waals surface area (Å²) >= 11 is 8.43. The molecule has 2 aromatic rings. The summed E-state index contributed by atoms with van der Waals surface area (Å²) < 4.78 is 20.9. The van der Waals surface area contributed by atoms with Crippen LogP contribution in [0.2, 0.25) is 5.02 Å². The molecule has 1 aliphatic heterocycles. The molecule has 4 rings (SSSR count). The Bertz CT molecular complexity index is 993. The summed E-state index contributed by atoms with van der Waals surface area (Å²) in [5, 5.41) is 11.7. The molecule has 34 heavy (non-hydrogen) atoms. The lowest BCUT2D eigenvalue weighted by Crippen LogP contribution is -2.45. The van der Waals surface area contributed by atoms with Gasteiger partial charge >= 0.3 is 5.97 Å². The topological polar surface area (TPSA) is 62.7 Å². The minimum atomic E-state index is -1.37. The first kappa shape index (κ1) is 25.5. The average molecular weight is 509 g/mol. The molecule has 1 saturated carbocycles. The van der Waals surface area contributed by atoms with Gasteiger partial charge in [-0.25, -0.2) is 4.39 Å². The first-order valence-corrected chi connectivity index (χ1v) is 13.7. The Hall–Kier alpha value is -1.57. The molecule has 186 valence electrons. The van der Waals surface area contributed by atoms with Gasteiger partial charge < -0.3 is 14.7 Å². The molecular formula is C26H34ClFN2O3S. The van der Waals surface area contributed by atoms with Crippen LogP contribution in [0.3, 0.4) is 0 Å². The number of piperidine rings is 1. The highest BCUT2D eigenvalue weighted by atomic mass is 35.5. The number of alkyl halides is 1. The molecule has 1 aliphatic carbocycles. The van der Waals surface area contributed by atoms with Gasteiger partial charge in [-0.15, -0.1) is 0 Å². The molecule has 0 unspecified atom stereocenters. The molecule has 2 fully saturated rings. The molecule has 1 atom stereocenters. The Kier molecular flexibility index (Phi) is 8.59. The Morgan fingerprint density at radius 2 is 2.09 bits per heavy atom. The van der Waals surface area contributed by atoms with Crippen molar-refractivity contribution in [3.63, 3.8) is 0 Å². The van der Waals surface area contributed by atoms with Crippen molar-refractivity contribution in [2.45, 2.75) is 62.8 Å². The molecular weight excluding hydrogens is 475 g/mol. The van der Waals surface area contributed by atoms with Crippen molar-refractivity contribution in [3.05, 3.63) is 35.0 Å². The van der Waals surface area contributed by atoms with Crippen molar-refractivity contribution >= 4 is 40.2 Å². The Morgan fingerprint density at radius 1 is 1.35 bits per heavy atom. The molecule has 5 nitrogen and oxygen atoms in total. The van der Waals surface area contributed by atoms with E-state index in [0.717, 1.165) is 30.6 Å². The van der Waals surface area contributed by atoms with Gasteiger partial charge in [-0.1, -0.05) is 24.4 Å². The largest absolute Gasteiger partial charge is 0.497 e. The summed E-state index contributed by atoms with van der Waals surface area (Å²) in [5.74, 6) is 0.895. The molecule has 1 saturated heterocycles. The number of aromatic nitrogens is 1.